The molecule has 1 aromatic carbocycles. The number of hydrogen-bond donors (Lipinski definition) is 1. The first-order chi connectivity index (χ1) is 3.93. The Balaban J connectivity index is 2.83. The summed E-state index contributed by atoms with van der Waals surface area (Å²) < 4.78 is 0. The molecule has 0 atom stereocenters. The maximum Gasteiger partial charge on any atom is 0.165 e. The summed E-state index contributed by atoms with van der Waals surface area (Å²) in [5.41, 5.74) is 0. The molecule has 0 radical (unpaired) electrons. The summed E-state index contributed by atoms with van der Waals surface area (Å²) in [6, 6.07) is 8.75. The van der Waals surface area contributed by atoms with Crippen LogP contribution in [0.15, 0.2) is 30.3 Å². The van der Waals surface area contributed by atoms with Crippen molar-refractivity contribution in [2.45, 2.75) is 0 Å². The maximum atomic E-state index is 8.04. The Kier molecular flexibility index (Phi) is 1.49. The zero-order valence-electron chi connectivity index (χ0n) is 4.24. The number of para-hydroxylation sites is 1. The molecule has 0 aliphatic heterocycles. The Bertz CT molecular complexity index is 148. The van der Waals surface area contributed by atoms with E-state index in [-0.39, 0.29) is 0 Å². The van der Waals surface area contributed by atoms with Crippen molar-refractivity contribution in [1.29, 1.82) is 0 Å². The van der Waals surface area contributed by atoms with E-state index in [1.165, 1.54) is 0 Å². The molecule has 0 aliphatic rings. The van der Waals surface area contributed by atoms with Crippen LogP contribution in [0.25, 0.3) is 0 Å². The number of hydrogen-bond acceptors (Lipinski definition) is 2. The van der Waals surface area contributed by atoms with E-state index in [0.717, 1.165) is 0 Å². The van der Waals surface area contributed by atoms with Crippen LogP contribution in [0, 0.1) is 0 Å². The molecule has 8 heavy (non-hydrogen) atoms. The molecule has 0 saturated heterocycles. The molecule has 1 N–H and O–H groups in total. The zero-order valence-corrected chi connectivity index (χ0v) is 4.24. The van der Waals surface area contributed by atoms with E-state index in [1.807, 2.05) is 6.07 Å². The van der Waals surface area contributed by atoms with Gasteiger partial charge in [0.25, 0.3) is 0 Å². The predicted molar refractivity (Wildman–Crippen MR) is 29.7 cm³/mol. The van der Waals surface area contributed by atoms with Gasteiger partial charge < -0.3 is 4.89 Å². The van der Waals surface area contributed by atoms with Gasteiger partial charge in [-0.15, -0.1) is 0 Å². The average Bonchev–Trinajstić information content (AvgIpc) is 1.90. The third kappa shape index (κ3) is 0.978. The second-order valence-electron chi connectivity index (χ2n) is 1.40. The standard InChI is InChI=1S/C6H6O2/c7-8-6-4-2-1-3-5-6/h1-5,7H. The highest BCUT2D eigenvalue weighted by atomic mass is 17.1. The van der Waals surface area contributed by atoms with Crippen LogP contribution in [0.1, 0.15) is 0 Å². The lowest BCUT2D eigenvalue weighted by Crippen LogP contribution is -1.79. The van der Waals surface area contributed by atoms with Gasteiger partial charge in [-0.2, -0.15) is 0 Å². The van der Waals surface area contributed by atoms with E-state index in [1.54, 1.807) is 24.3 Å². The van der Waals surface area contributed by atoms with Gasteiger partial charge >= 0.3 is 0 Å². The normalized spacial score (nSPS) is 8.62. The molecule has 1 aromatic rings. The lowest BCUT2D eigenvalue weighted by Gasteiger charge is -1.90. The van der Waals surface area contributed by atoms with E-state index in [9.17, 15) is 0 Å². The average molecular weight is 110 g/mol. The highest BCUT2D eigenvalue weighted by Crippen LogP contribution is 2.05. The van der Waals surface area contributed by atoms with Crippen molar-refractivity contribution >= 4 is 0 Å². The SMILES string of the molecule is OOc1ccccc1. The van der Waals surface area contributed by atoms with Crippen LogP contribution in [0.3, 0.4) is 0 Å². The van der Waals surface area contributed by atoms with Gasteiger partial charge in [-0.25, -0.2) is 5.26 Å². The highest BCUT2D eigenvalue weighted by Gasteiger charge is 1.82. The van der Waals surface area contributed by atoms with Gasteiger partial charge in [0.05, 0.1) is 0 Å². The first kappa shape index (κ1) is 5.12. The number of benzene rings is 1. The minimum absolute atomic E-state index is 0.465. The second-order valence-corrected chi connectivity index (χ2v) is 1.40. The lowest BCUT2D eigenvalue weighted by molar-refractivity contribution is -0.137. The van der Waals surface area contributed by atoms with Crippen LogP contribution >= 0.6 is 0 Å². The van der Waals surface area contributed by atoms with Gasteiger partial charge in [0.1, 0.15) is 0 Å². The molecular formula is C6H6O2. The van der Waals surface area contributed by atoms with Gasteiger partial charge in [-0.05, 0) is 12.1 Å². The van der Waals surface area contributed by atoms with E-state index >= 15 is 0 Å². The highest BCUT2D eigenvalue weighted by molar-refractivity contribution is 5.19. The van der Waals surface area contributed by atoms with Gasteiger partial charge in [0.2, 0.25) is 0 Å². The monoisotopic (exact) mass is 110 g/mol. The van der Waals surface area contributed by atoms with Crippen molar-refractivity contribution in [3.8, 4) is 5.75 Å². The largest absolute Gasteiger partial charge is 0.340 e. The molecule has 0 amide bonds. The van der Waals surface area contributed by atoms with Crippen molar-refractivity contribution in [2.24, 2.45) is 0 Å². The van der Waals surface area contributed by atoms with Crippen molar-refractivity contribution in [1.82, 2.24) is 0 Å². The molecule has 42 valence electrons. The fraction of sp³-hybridized carbons (Fsp3) is 0. The van der Waals surface area contributed by atoms with Crippen molar-refractivity contribution in [3.63, 3.8) is 0 Å². The minimum Gasteiger partial charge on any atom is -0.340 e. The predicted octanol–water partition coefficient (Wildman–Crippen LogP) is 1.54. The molecule has 0 spiro atoms. The van der Waals surface area contributed by atoms with E-state index in [2.05, 4.69) is 4.89 Å². The fourth-order valence-corrected chi connectivity index (χ4v) is 0.481. The quantitative estimate of drug-likeness (QED) is 0.439. The molecule has 1 rings (SSSR count). The summed E-state index contributed by atoms with van der Waals surface area (Å²) in [7, 11) is 0. The summed E-state index contributed by atoms with van der Waals surface area (Å²) in [6.45, 7) is 0. The van der Waals surface area contributed by atoms with Crippen molar-refractivity contribution in [3.05, 3.63) is 30.3 Å². The van der Waals surface area contributed by atoms with E-state index < -0.39 is 0 Å². The molecule has 0 saturated carbocycles. The topological polar surface area (TPSA) is 29.5 Å². The van der Waals surface area contributed by atoms with E-state index in [0.29, 0.717) is 5.75 Å². The number of rotatable bonds is 1. The van der Waals surface area contributed by atoms with Crippen LogP contribution in [0.5, 0.6) is 5.75 Å². The third-order valence-corrected chi connectivity index (χ3v) is 0.849. The summed E-state index contributed by atoms with van der Waals surface area (Å²) in [5, 5.41) is 8.04. The fourth-order valence-electron chi connectivity index (χ4n) is 0.481. The summed E-state index contributed by atoms with van der Waals surface area (Å²) in [6.07, 6.45) is 0. The molecule has 2 heteroatoms. The third-order valence-electron chi connectivity index (χ3n) is 0.849. The van der Waals surface area contributed by atoms with Gasteiger partial charge in [0.15, 0.2) is 5.75 Å². The van der Waals surface area contributed by atoms with Crippen LogP contribution in [-0.2, 0) is 0 Å². The van der Waals surface area contributed by atoms with Crippen LogP contribution in [-0.4, -0.2) is 5.26 Å². The molecule has 0 aliphatic carbocycles. The lowest BCUT2D eigenvalue weighted by atomic mass is 10.3. The molecule has 0 bridgehead atoms. The second kappa shape index (κ2) is 2.33. The smallest absolute Gasteiger partial charge is 0.165 e. The molecule has 2 nitrogen and oxygen atoms in total. The van der Waals surface area contributed by atoms with Crippen LogP contribution < -0.4 is 4.89 Å². The molecule has 0 heterocycles. The summed E-state index contributed by atoms with van der Waals surface area (Å²) >= 11 is 0. The Morgan fingerprint density at radius 2 is 1.75 bits per heavy atom. The summed E-state index contributed by atoms with van der Waals surface area (Å²) in [5.74, 6) is 0.465. The maximum absolute atomic E-state index is 8.04. The molecular weight excluding hydrogens is 104 g/mol. The molecule has 0 aromatic heterocycles. The Labute approximate surface area is 47.3 Å². The van der Waals surface area contributed by atoms with Gasteiger partial charge in [-0.3, -0.25) is 0 Å². The molecule has 0 fully saturated rings. The minimum atomic E-state index is 0.465. The van der Waals surface area contributed by atoms with E-state index in [4.69, 9.17) is 5.26 Å². The Morgan fingerprint density at radius 1 is 1.12 bits per heavy atom. The van der Waals surface area contributed by atoms with Crippen LogP contribution in [0.2, 0.25) is 0 Å². The van der Waals surface area contributed by atoms with Gasteiger partial charge in [-0.1, -0.05) is 18.2 Å². The Hall–Kier alpha value is -1.02. The first-order valence-electron chi connectivity index (χ1n) is 2.30. The van der Waals surface area contributed by atoms with Crippen LogP contribution in [0.4, 0.5) is 0 Å². The van der Waals surface area contributed by atoms with Crippen molar-refractivity contribution in [2.75, 3.05) is 0 Å². The van der Waals surface area contributed by atoms with Gasteiger partial charge in [0, 0.05) is 0 Å². The zero-order chi connectivity index (χ0) is 5.82. The Morgan fingerprint density at radius 3 is 2.12 bits per heavy atom. The van der Waals surface area contributed by atoms with Crippen molar-refractivity contribution < 1.29 is 10.1 Å². The summed E-state index contributed by atoms with van der Waals surface area (Å²) in [4.78, 5) is 3.91. The first-order valence-corrected chi connectivity index (χ1v) is 2.30. The molecule has 0 unspecified atom stereocenters.